The van der Waals surface area contributed by atoms with Gasteiger partial charge in [-0.3, -0.25) is 9.59 Å². The minimum atomic E-state index is -0.467. The van der Waals surface area contributed by atoms with Gasteiger partial charge in [-0.1, -0.05) is 117 Å². The molecule has 1 atom stereocenters. The number of rotatable bonds is 11. The predicted octanol–water partition coefficient (Wildman–Crippen LogP) is 6.51. The van der Waals surface area contributed by atoms with E-state index in [0.717, 1.165) is 43.2 Å². The lowest BCUT2D eigenvalue weighted by Crippen LogP contribution is -2.52. The second kappa shape index (κ2) is 13.8. The van der Waals surface area contributed by atoms with Gasteiger partial charge >= 0.3 is 0 Å². The zero-order valence-corrected chi connectivity index (χ0v) is 22.0. The molecule has 0 aliphatic heterocycles. The number of benzene rings is 3. The van der Waals surface area contributed by atoms with E-state index >= 15 is 0 Å². The van der Waals surface area contributed by atoms with Gasteiger partial charge in [0.2, 0.25) is 11.8 Å². The monoisotopic (exact) mass is 496 g/mol. The molecule has 0 unspecified atom stereocenters. The van der Waals surface area contributed by atoms with Crippen LogP contribution in [0.5, 0.6) is 0 Å². The summed E-state index contributed by atoms with van der Waals surface area (Å²) in [4.78, 5) is 29.4. The minimum Gasteiger partial charge on any atom is -0.352 e. The summed E-state index contributed by atoms with van der Waals surface area (Å²) < 4.78 is 0. The Morgan fingerprint density at radius 1 is 0.811 bits per heavy atom. The van der Waals surface area contributed by atoms with E-state index in [9.17, 15) is 9.59 Å². The number of carbonyl (C=O) groups is 2. The fourth-order valence-corrected chi connectivity index (χ4v) is 5.53. The van der Waals surface area contributed by atoms with Gasteiger partial charge in [-0.15, -0.1) is 0 Å². The molecule has 2 amide bonds. The van der Waals surface area contributed by atoms with Gasteiger partial charge in [0.25, 0.3) is 0 Å². The van der Waals surface area contributed by atoms with Crippen LogP contribution in [0.15, 0.2) is 91.0 Å². The second-order valence-corrected chi connectivity index (χ2v) is 10.2. The van der Waals surface area contributed by atoms with Crippen molar-refractivity contribution in [3.63, 3.8) is 0 Å². The summed E-state index contributed by atoms with van der Waals surface area (Å²) in [6.45, 7) is 2.54. The van der Waals surface area contributed by atoms with Crippen LogP contribution >= 0.6 is 0 Å². The van der Waals surface area contributed by atoms with Crippen molar-refractivity contribution in [2.45, 2.75) is 76.3 Å². The molecule has 0 bridgehead atoms. The van der Waals surface area contributed by atoms with E-state index in [-0.39, 0.29) is 23.8 Å². The molecule has 0 heterocycles. The van der Waals surface area contributed by atoms with Crippen molar-refractivity contribution in [3.8, 4) is 0 Å². The maximum absolute atomic E-state index is 14.1. The summed E-state index contributed by atoms with van der Waals surface area (Å²) in [6, 6.07) is 30.4. The third-order valence-corrected chi connectivity index (χ3v) is 7.60. The molecule has 194 valence electrons. The molecular formula is C33H40N2O2. The lowest BCUT2D eigenvalue weighted by Gasteiger charge is -2.34. The van der Waals surface area contributed by atoms with Gasteiger partial charge in [-0.05, 0) is 42.4 Å². The van der Waals surface area contributed by atoms with Crippen molar-refractivity contribution in [1.29, 1.82) is 0 Å². The van der Waals surface area contributed by atoms with E-state index in [1.165, 1.54) is 12.0 Å². The lowest BCUT2D eigenvalue weighted by molar-refractivity contribution is -0.141. The molecule has 0 spiro atoms. The van der Waals surface area contributed by atoms with Crippen LogP contribution in [0.3, 0.4) is 0 Å². The van der Waals surface area contributed by atoms with E-state index in [0.29, 0.717) is 19.4 Å². The molecule has 4 rings (SSSR count). The molecule has 0 radical (unpaired) electrons. The predicted molar refractivity (Wildman–Crippen MR) is 150 cm³/mol. The Morgan fingerprint density at radius 3 is 1.89 bits per heavy atom. The Hall–Kier alpha value is -3.40. The summed E-state index contributed by atoms with van der Waals surface area (Å²) in [7, 11) is 0. The summed E-state index contributed by atoms with van der Waals surface area (Å²) in [5.41, 5.74) is 3.40. The van der Waals surface area contributed by atoms with Crippen LogP contribution in [0.25, 0.3) is 0 Å². The van der Waals surface area contributed by atoms with Crippen LogP contribution < -0.4 is 5.32 Å². The molecule has 37 heavy (non-hydrogen) atoms. The van der Waals surface area contributed by atoms with E-state index < -0.39 is 6.04 Å². The molecule has 0 saturated heterocycles. The number of hydrogen-bond acceptors (Lipinski definition) is 2. The summed E-state index contributed by atoms with van der Waals surface area (Å²) in [6.07, 6.45) is 7.28. The first kappa shape index (κ1) is 26.7. The topological polar surface area (TPSA) is 49.4 Å². The van der Waals surface area contributed by atoms with Crippen LogP contribution in [0, 0.1) is 0 Å². The zero-order valence-electron chi connectivity index (χ0n) is 22.0. The largest absolute Gasteiger partial charge is 0.352 e. The van der Waals surface area contributed by atoms with Gasteiger partial charge in [0.15, 0.2) is 0 Å². The summed E-state index contributed by atoms with van der Waals surface area (Å²) in [5.74, 6) is -0.0425. The molecule has 1 saturated carbocycles. The molecule has 3 aromatic rings. The number of nitrogens with one attached hydrogen (secondary N) is 1. The van der Waals surface area contributed by atoms with Gasteiger partial charge in [0.05, 0.1) is 0 Å². The van der Waals surface area contributed by atoms with Crippen molar-refractivity contribution in [2.75, 3.05) is 6.54 Å². The molecule has 3 aromatic carbocycles. The standard InChI is InChI=1S/C33H40N2O2/c1-2-31(33(37)34-29-21-13-6-14-22-29)35(24-23-26-15-7-3-8-16-26)32(36)25-30(27-17-9-4-10-18-27)28-19-11-5-12-20-28/h3-5,7-12,15-20,29-31H,2,6,13-14,21-25H2,1H3,(H,34,37)/t31-/m1/s1. The molecule has 1 N–H and O–H groups in total. The third kappa shape index (κ3) is 7.55. The number of nitrogens with zero attached hydrogens (tertiary/aromatic N) is 1. The number of hydrogen-bond donors (Lipinski definition) is 1. The first-order valence-corrected chi connectivity index (χ1v) is 13.9. The zero-order chi connectivity index (χ0) is 25.9. The average Bonchev–Trinajstić information content (AvgIpc) is 2.95. The molecule has 1 fully saturated rings. The Kier molecular flexibility index (Phi) is 9.93. The van der Waals surface area contributed by atoms with Crippen LogP contribution in [-0.2, 0) is 16.0 Å². The summed E-state index contributed by atoms with van der Waals surface area (Å²) in [5, 5.41) is 3.29. The normalized spacial score (nSPS) is 14.8. The fraction of sp³-hybridized carbons (Fsp3) is 0.394. The summed E-state index contributed by atoms with van der Waals surface area (Å²) >= 11 is 0. The molecule has 4 heteroatoms. The highest BCUT2D eigenvalue weighted by molar-refractivity contribution is 5.88. The minimum absolute atomic E-state index is 0.00761. The second-order valence-electron chi connectivity index (χ2n) is 10.2. The highest BCUT2D eigenvalue weighted by atomic mass is 16.2. The SMILES string of the molecule is CC[C@H](C(=O)NC1CCCCC1)N(CCc1ccccc1)C(=O)CC(c1ccccc1)c1ccccc1. The highest BCUT2D eigenvalue weighted by Gasteiger charge is 2.31. The third-order valence-electron chi connectivity index (χ3n) is 7.60. The van der Waals surface area contributed by atoms with Crippen molar-refractivity contribution in [2.24, 2.45) is 0 Å². The Morgan fingerprint density at radius 2 is 1.35 bits per heavy atom. The van der Waals surface area contributed by atoms with Crippen LogP contribution in [0.2, 0.25) is 0 Å². The van der Waals surface area contributed by atoms with Crippen molar-refractivity contribution < 1.29 is 9.59 Å². The van der Waals surface area contributed by atoms with E-state index in [4.69, 9.17) is 0 Å². The van der Waals surface area contributed by atoms with Gasteiger partial charge < -0.3 is 10.2 Å². The van der Waals surface area contributed by atoms with Gasteiger partial charge in [0.1, 0.15) is 6.04 Å². The van der Waals surface area contributed by atoms with Crippen molar-refractivity contribution in [1.82, 2.24) is 10.2 Å². The van der Waals surface area contributed by atoms with Crippen molar-refractivity contribution in [3.05, 3.63) is 108 Å². The van der Waals surface area contributed by atoms with Crippen LogP contribution in [0.1, 0.15) is 74.5 Å². The fourth-order valence-electron chi connectivity index (χ4n) is 5.53. The van der Waals surface area contributed by atoms with Crippen molar-refractivity contribution >= 4 is 11.8 Å². The quantitative estimate of drug-likeness (QED) is 0.329. The van der Waals surface area contributed by atoms with Crippen LogP contribution in [0.4, 0.5) is 0 Å². The maximum Gasteiger partial charge on any atom is 0.243 e. The first-order chi connectivity index (χ1) is 18.2. The Balaban J connectivity index is 1.57. The van der Waals surface area contributed by atoms with Gasteiger partial charge in [0, 0.05) is 24.9 Å². The van der Waals surface area contributed by atoms with Gasteiger partial charge in [-0.2, -0.15) is 0 Å². The average molecular weight is 497 g/mol. The highest BCUT2D eigenvalue weighted by Crippen LogP contribution is 2.29. The molecule has 1 aliphatic rings. The van der Waals surface area contributed by atoms with Gasteiger partial charge in [-0.25, -0.2) is 0 Å². The van der Waals surface area contributed by atoms with E-state index in [2.05, 4.69) is 41.7 Å². The molecule has 4 nitrogen and oxygen atoms in total. The number of amides is 2. The molecule has 0 aromatic heterocycles. The Labute approximate surface area is 222 Å². The number of carbonyl (C=O) groups excluding carboxylic acids is 2. The smallest absolute Gasteiger partial charge is 0.243 e. The van der Waals surface area contributed by atoms with Crippen LogP contribution in [-0.4, -0.2) is 35.3 Å². The van der Waals surface area contributed by atoms with E-state index in [1.807, 2.05) is 66.4 Å². The molecule has 1 aliphatic carbocycles. The Bertz CT molecular complexity index is 1060. The van der Waals surface area contributed by atoms with E-state index in [1.54, 1.807) is 0 Å². The maximum atomic E-state index is 14.1. The lowest BCUT2D eigenvalue weighted by atomic mass is 9.88. The molecular weight excluding hydrogens is 456 g/mol. The first-order valence-electron chi connectivity index (χ1n) is 13.9.